The molecule has 2 aromatic rings. The molecule has 3 rings (SSSR count). The maximum Gasteiger partial charge on any atom is 0.198 e. The Kier molecular flexibility index (Phi) is 3.97. The fourth-order valence-corrected chi connectivity index (χ4v) is 2.94. The number of para-hydroxylation sites is 1. The van der Waals surface area contributed by atoms with Gasteiger partial charge in [0.1, 0.15) is 11.5 Å². The van der Waals surface area contributed by atoms with Gasteiger partial charge in [-0.15, -0.1) is 0 Å². The Morgan fingerprint density at radius 3 is 2.90 bits per heavy atom. The van der Waals surface area contributed by atoms with Crippen LogP contribution in [0.1, 0.15) is 27.9 Å². The number of carbonyl (C=O) groups is 1. The number of ketones is 1. The molecule has 0 amide bonds. The van der Waals surface area contributed by atoms with Crippen molar-refractivity contribution in [3.05, 3.63) is 57.6 Å². The van der Waals surface area contributed by atoms with Crippen LogP contribution in [-0.4, -0.2) is 19.5 Å². The molecule has 0 radical (unpaired) electrons. The number of ether oxygens (including phenoxy) is 2. The molecule has 1 heterocycles. The van der Waals surface area contributed by atoms with E-state index in [1.165, 1.54) is 0 Å². The second kappa shape index (κ2) is 5.90. The fraction of sp³-hybridized carbons (Fsp3) is 0.235. The van der Waals surface area contributed by atoms with Crippen LogP contribution in [0.3, 0.4) is 0 Å². The summed E-state index contributed by atoms with van der Waals surface area (Å²) >= 11 is 3.44. The van der Waals surface area contributed by atoms with E-state index in [1.54, 1.807) is 13.2 Å². The lowest BCUT2D eigenvalue weighted by molar-refractivity contribution is 0.103. The molecular formula is C17H15BrO3. The highest BCUT2D eigenvalue weighted by Gasteiger charge is 2.22. The molecule has 0 unspecified atom stereocenters. The Balaban J connectivity index is 2.07. The number of hydrogen-bond donors (Lipinski definition) is 0. The van der Waals surface area contributed by atoms with Gasteiger partial charge in [-0.25, -0.2) is 0 Å². The lowest BCUT2D eigenvalue weighted by atomic mass is 9.97. The maximum absolute atomic E-state index is 12.8. The largest absolute Gasteiger partial charge is 0.497 e. The van der Waals surface area contributed by atoms with Gasteiger partial charge in [-0.3, -0.25) is 4.79 Å². The lowest BCUT2D eigenvalue weighted by Gasteiger charge is -2.20. The first-order valence-corrected chi connectivity index (χ1v) is 7.63. The highest BCUT2D eigenvalue weighted by molar-refractivity contribution is 9.10. The summed E-state index contributed by atoms with van der Waals surface area (Å²) < 4.78 is 11.7. The van der Waals surface area contributed by atoms with Crippen LogP contribution in [0.15, 0.2) is 40.9 Å². The quantitative estimate of drug-likeness (QED) is 0.787. The van der Waals surface area contributed by atoms with E-state index in [-0.39, 0.29) is 5.78 Å². The number of methoxy groups -OCH3 is 1. The Labute approximate surface area is 132 Å². The van der Waals surface area contributed by atoms with Gasteiger partial charge in [-0.2, -0.15) is 0 Å². The van der Waals surface area contributed by atoms with Gasteiger partial charge in [0.05, 0.1) is 19.3 Å². The average molecular weight is 347 g/mol. The van der Waals surface area contributed by atoms with Crippen molar-refractivity contribution < 1.29 is 14.3 Å². The van der Waals surface area contributed by atoms with Gasteiger partial charge in [-0.1, -0.05) is 28.1 Å². The molecule has 1 aliphatic heterocycles. The summed E-state index contributed by atoms with van der Waals surface area (Å²) in [5, 5.41) is 0. The third-order valence-electron chi connectivity index (χ3n) is 3.60. The van der Waals surface area contributed by atoms with Crippen LogP contribution >= 0.6 is 15.9 Å². The highest BCUT2D eigenvalue weighted by atomic mass is 79.9. The van der Waals surface area contributed by atoms with E-state index in [0.717, 1.165) is 28.6 Å². The van der Waals surface area contributed by atoms with Crippen LogP contribution in [-0.2, 0) is 6.42 Å². The monoisotopic (exact) mass is 346 g/mol. The fourth-order valence-electron chi connectivity index (χ4n) is 2.52. The van der Waals surface area contributed by atoms with Crippen molar-refractivity contribution in [2.45, 2.75) is 12.8 Å². The zero-order chi connectivity index (χ0) is 14.8. The van der Waals surface area contributed by atoms with Gasteiger partial charge in [0, 0.05) is 10.0 Å². The number of hydrogen-bond acceptors (Lipinski definition) is 3. The average Bonchev–Trinajstić information content (AvgIpc) is 2.54. The molecule has 0 saturated heterocycles. The Hall–Kier alpha value is -1.81. The standard InChI is InChI=1S/C17H15BrO3/c1-20-12-7-8-15(18)14(10-12)16(19)13-6-2-4-11-5-3-9-21-17(11)13/h2,4,6-8,10H,3,5,9H2,1H3. The minimum atomic E-state index is -0.0560. The van der Waals surface area contributed by atoms with Crippen LogP contribution < -0.4 is 9.47 Å². The van der Waals surface area contributed by atoms with Gasteiger partial charge in [0.15, 0.2) is 5.78 Å². The molecule has 0 atom stereocenters. The topological polar surface area (TPSA) is 35.5 Å². The number of fused-ring (bicyclic) bond motifs is 1. The van der Waals surface area contributed by atoms with Crippen molar-refractivity contribution in [2.75, 3.05) is 13.7 Å². The normalized spacial score (nSPS) is 13.2. The number of aryl methyl sites for hydroxylation is 1. The van der Waals surface area contributed by atoms with Gasteiger partial charge in [-0.05, 0) is 42.7 Å². The zero-order valence-corrected chi connectivity index (χ0v) is 13.3. The predicted molar refractivity (Wildman–Crippen MR) is 84.4 cm³/mol. The van der Waals surface area contributed by atoms with Gasteiger partial charge >= 0.3 is 0 Å². The van der Waals surface area contributed by atoms with Gasteiger partial charge in [0.25, 0.3) is 0 Å². The van der Waals surface area contributed by atoms with Crippen molar-refractivity contribution in [3.8, 4) is 11.5 Å². The van der Waals surface area contributed by atoms with Gasteiger partial charge in [0.2, 0.25) is 0 Å². The molecule has 0 N–H and O–H groups in total. The molecule has 0 fully saturated rings. The van der Waals surface area contributed by atoms with E-state index in [4.69, 9.17) is 9.47 Å². The molecule has 108 valence electrons. The van der Waals surface area contributed by atoms with E-state index < -0.39 is 0 Å². The van der Waals surface area contributed by atoms with E-state index in [9.17, 15) is 4.79 Å². The Morgan fingerprint density at radius 1 is 1.24 bits per heavy atom. The van der Waals surface area contributed by atoms with Crippen LogP contribution in [0.5, 0.6) is 11.5 Å². The summed E-state index contributed by atoms with van der Waals surface area (Å²) in [6.07, 6.45) is 1.95. The summed E-state index contributed by atoms with van der Waals surface area (Å²) in [5.41, 5.74) is 2.30. The van der Waals surface area contributed by atoms with Crippen molar-refractivity contribution in [2.24, 2.45) is 0 Å². The Morgan fingerprint density at radius 2 is 2.10 bits per heavy atom. The number of benzene rings is 2. The zero-order valence-electron chi connectivity index (χ0n) is 11.7. The highest BCUT2D eigenvalue weighted by Crippen LogP contribution is 2.33. The summed E-state index contributed by atoms with van der Waals surface area (Å²) in [7, 11) is 1.59. The van der Waals surface area contributed by atoms with Crippen LogP contribution in [0, 0.1) is 0 Å². The van der Waals surface area contributed by atoms with Crippen molar-refractivity contribution in [1.29, 1.82) is 0 Å². The third-order valence-corrected chi connectivity index (χ3v) is 4.29. The first kappa shape index (κ1) is 14.1. The first-order chi connectivity index (χ1) is 10.2. The van der Waals surface area contributed by atoms with Crippen LogP contribution in [0.4, 0.5) is 0 Å². The number of carbonyl (C=O) groups excluding carboxylic acids is 1. The maximum atomic E-state index is 12.8. The van der Waals surface area contributed by atoms with E-state index in [1.807, 2.05) is 30.3 Å². The second-order valence-corrected chi connectivity index (χ2v) is 5.78. The van der Waals surface area contributed by atoms with Crippen molar-refractivity contribution in [1.82, 2.24) is 0 Å². The summed E-state index contributed by atoms with van der Waals surface area (Å²) in [5.74, 6) is 1.33. The summed E-state index contributed by atoms with van der Waals surface area (Å²) in [6, 6.07) is 11.1. The van der Waals surface area contributed by atoms with Crippen molar-refractivity contribution >= 4 is 21.7 Å². The van der Waals surface area contributed by atoms with E-state index in [2.05, 4.69) is 15.9 Å². The summed E-state index contributed by atoms with van der Waals surface area (Å²) in [6.45, 7) is 0.663. The summed E-state index contributed by atoms with van der Waals surface area (Å²) in [4.78, 5) is 12.8. The molecule has 0 saturated carbocycles. The minimum absolute atomic E-state index is 0.0560. The van der Waals surface area contributed by atoms with E-state index in [0.29, 0.717) is 23.5 Å². The molecule has 2 aromatic carbocycles. The number of rotatable bonds is 3. The molecule has 0 aliphatic carbocycles. The van der Waals surface area contributed by atoms with Crippen LogP contribution in [0.25, 0.3) is 0 Å². The smallest absolute Gasteiger partial charge is 0.198 e. The number of halogens is 1. The van der Waals surface area contributed by atoms with Crippen molar-refractivity contribution in [3.63, 3.8) is 0 Å². The lowest BCUT2D eigenvalue weighted by Crippen LogP contribution is -2.13. The Bertz CT molecular complexity index is 694. The second-order valence-electron chi connectivity index (χ2n) is 4.92. The SMILES string of the molecule is COc1ccc(Br)c(C(=O)c2cccc3c2OCCC3)c1. The third kappa shape index (κ3) is 2.68. The van der Waals surface area contributed by atoms with Gasteiger partial charge < -0.3 is 9.47 Å². The molecule has 21 heavy (non-hydrogen) atoms. The predicted octanol–water partition coefficient (Wildman–Crippen LogP) is 4.01. The van der Waals surface area contributed by atoms with E-state index >= 15 is 0 Å². The van der Waals surface area contributed by atoms with Crippen LogP contribution in [0.2, 0.25) is 0 Å². The molecule has 4 heteroatoms. The molecule has 1 aliphatic rings. The molecule has 3 nitrogen and oxygen atoms in total. The first-order valence-electron chi connectivity index (χ1n) is 6.83. The molecule has 0 bridgehead atoms. The molecular weight excluding hydrogens is 332 g/mol. The molecule has 0 spiro atoms. The minimum Gasteiger partial charge on any atom is -0.497 e. The molecule has 0 aromatic heterocycles.